The molecule has 1 saturated heterocycles. The number of fused-ring (bicyclic) bond motifs is 3. The second-order valence-electron chi connectivity index (χ2n) is 6.70. The first kappa shape index (κ1) is 18.5. The molecule has 0 radical (unpaired) electrons. The molecule has 2 aliphatic heterocycles. The van der Waals surface area contributed by atoms with Crippen molar-refractivity contribution in [3.63, 3.8) is 0 Å². The van der Waals surface area contributed by atoms with Gasteiger partial charge in [-0.3, -0.25) is 14.5 Å². The second-order valence-corrected chi connectivity index (χ2v) is 8.02. The van der Waals surface area contributed by atoms with Crippen molar-refractivity contribution < 1.29 is 23.6 Å². The van der Waals surface area contributed by atoms with Crippen LogP contribution in [0.15, 0.2) is 39.8 Å². The van der Waals surface area contributed by atoms with Gasteiger partial charge in [-0.1, -0.05) is 36.0 Å². The lowest BCUT2D eigenvalue weighted by Crippen LogP contribution is -2.49. The Bertz CT molecular complexity index is 959. The quantitative estimate of drug-likeness (QED) is 0.769. The van der Waals surface area contributed by atoms with Gasteiger partial charge < -0.3 is 14.6 Å². The highest BCUT2D eigenvalue weighted by molar-refractivity contribution is 8.02. The van der Waals surface area contributed by atoms with Crippen LogP contribution in [0.2, 0.25) is 0 Å². The minimum absolute atomic E-state index is 0.120. The molecule has 1 aromatic carbocycles. The Morgan fingerprint density at radius 1 is 1.43 bits per heavy atom. The summed E-state index contributed by atoms with van der Waals surface area (Å²) in [6.45, 7) is 3.46. The van der Waals surface area contributed by atoms with Crippen molar-refractivity contribution in [3.8, 4) is 0 Å². The molecule has 2 atom stereocenters. The number of esters is 1. The number of para-hydroxylation sites is 1. The zero-order valence-corrected chi connectivity index (χ0v) is 16.2. The number of hydrogen-bond donors (Lipinski definition) is 1. The van der Waals surface area contributed by atoms with Gasteiger partial charge in [0, 0.05) is 23.8 Å². The van der Waals surface area contributed by atoms with Crippen LogP contribution >= 0.6 is 11.8 Å². The molecule has 4 rings (SSSR count). The maximum absolute atomic E-state index is 13.1. The molecule has 0 bridgehead atoms. The van der Waals surface area contributed by atoms with Crippen molar-refractivity contribution in [1.29, 1.82) is 0 Å². The molecule has 8 nitrogen and oxygen atoms in total. The van der Waals surface area contributed by atoms with Gasteiger partial charge >= 0.3 is 5.97 Å². The number of benzene rings is 1. The van der Waals surface area contributed by atoms with E-state index >= 15 is 0 Å². The van der Waals surface area contributed by atoms with E-state index in [1.54, 1.807) is 19.9 Å². The summed E-state index contributed by atoms with van der Waals surface area (Å²) in [4.78, 5) is 39.3. The van der Waals surface area contributed by atoms with E-state index in [9.17, 15) is 14.4 Å². The zero-order chi connectivity index (χ0) is 19.9. The minimum atomic E-state index is -1.15. The molecule has 0 spiro atoms. The van der Waals surface area contributed by atoms with Crippen LogP contribution in [-0.4, -0.2) is 33.9 Å². The van der Waals surface area contributed by atoms with Crippen LogP contribution in [0, 0.1) is 6.92 Å². The second kappa shape index (κ2) is 6.97. The Morgan fingerprint density at radius 3 is 2.93 bits per heavy atom. The highest BCUT2D eigenvalue weighted by atomic mass is 32.2. The summed E-state index contributed by atoms with van der Waals surface area (Å²) < 4.78 is 10.5. The van der Waals surface area contributed by atoms with E-state index in [0.29, 0.717) is 17.9 Å². The molecule has 1 N–H and O–H groups in total. The number of aryl methyl sites for hydroxylation is 1. The number of hydrogen-bond acceptors (Lipinski definition) is 7. The normalized spacial score (nSPS) is 21.2. The third-order valence-electron chi connectivity index (χ3n) is 4.78. The number of anilines is 2. The summed E-state index contributed by atoms with van der Waals surface area (Å²) in [7, 11) is 0. The van der Waals surface area contributed by atoms with E-state index in [-0.39, 0.29) is 24.6 Å². The van der Waals surface area contributed by atoms with Crippen molar-refractivity contribution in [3.05, 3.63) is 36.1 Å². The van der Waals surface area contributed by atoms with Crippen LogP contribution < -0.4 is 10.2 Å². The number of aromatic nitrogens is 1. The molecular formula is C19H19N3O5S. The highest BCUT2D eigenvalue weighted by Gasteiger charge is 2.59. The maximum atomic E-state index is 13.1. The summed E-state index contributed by atoms with van der Waals surface area (Å²) in [5.41, 5.74) is 0.711. The standard InChI is InChI=1S/C19H19N3O5S/c1-3-13(17(24)20-15-10-11(2)27-21-15)26-18(25)19-9-8-16(23)22(19)12-6-4-5-7-14(12)28-19/h4-7,10,13H,3,8-9H2,1-2H3,(H,20,21,24)/t13-,19+/m1/s1. The molecule has 2 aliphatic rings. The first-order valence-corrected chi connectivity index (χ1v) is 9.82. The molecular weight excluding hydrogens is 382 g/mol. The molecule has 1 aromatic heterocycles. The van der Waals surface area contributed by atoms with Crippen molar-refractivity contribution in [2.24, 2.45) is 0 Å². The van der Waals surface area contributed by atoms with Gasteiger partial charge in [0.15, 0.2) is 16.8 Å². The lowest BCUT2D eigenvalue weighted by atomic mass is 10.2. The van der Waals surface area contributed by atoms with Crippen LogP contribution in [0.1, 0.15) is 31.9 Å². The number of ether oxygens (including phenoxy) is 1. The van der Waals surface area contributed by atoms with Crippen LogP contribution in [0.25, 0.3) is 0 Å². The molecule has 3 heterocycles. The van der Waals surface area contributed by atoms with E-state index in [1.165, 1.54) is 16.7 Å². The smallest absolute Gasteiger partial charge is 0.344 e. The Hall–Kier alpha value is -2.81. The number of thioether (sulfide) groups is 1. The number of amides is 2. The first-order valence-electron chi connectivity index (χ1n) is 9.01. The van der Waals surface area contributed by atoms with Crippen LogP contribution in [0.5, 0.6) is 0 Å². The fourth-order valence-corrected chi connectivity index (χ4v) is 4.85. The summed E-state index contributed by atoms with van der Waals surface area (Å²) in [6, 6.07) is 8.95. The fraction of sp³-hybridized carbons (Fsp3) is 0.368. The monoisotopic (exact) mass is 401 g/mol. The van der Waals surface area contributed by atoms with E-state index < -0.39 is 22.9 Å². The van der Waals surface area contributed by atoms with Gasteiger partial charge in [0.05, 0.1) is 5.69 Å². The molecule has 146 valence electrons. The predicted molar refractivity (Wildman–Crippen MR) is 102 cm³/mol. The molecule has 28 heavy (non-hydrogen) atoms. The third-order valence-corrected chi connectivity index (χ3v) is 6.24. The topological polar surface area (TPSA) is 102 Å². The van der Waals surface area contributed by atoms with Gasteiger partial charge in [0.2, 0.25) is 5.91 Å². The number of nitrogens with zero attached hydrogens (tertiary/aromatic N) is 2. The summed E-state index contributed by atoms with van der Waals surface area (Å²) in [5, 5.41) is 6.30. The van der Waals surface area contributed by atoms with Gasteiger partial charge in [0.25, 0.3) is 5.91 Å². The summed E-state index contributed by atoms with van der Waals surface area (Å²) >= 11 is 1.31. The third kappa shape index (κ3) is 2.95. The lowest BCUT2D eigenvalue weighted by molar-refractivity contribution is -0.156. The number of carbonyl (C=O) groups is 3. The predicted octanol–water partition coefficient (Wildman–Crippen LogP) is 2.87. The Labute approximate surface area is 165 Å². The molecule has 2 aromatic rings. The van der Waals surface area contributed by atoms with E-state index in [4.69, 9.17) is 9.26 Å². The summed E-state index contributed by atoms with van der Waals surface area (Å²) in [6.07, 6.45) is -0.112. The SMILES string of the molecule is CC[C@@H](OC(=O)[C@@]12CCC(=O)N1c1ccccc1S2)C(=O)Nc1cc(C)on1. The van der Waals surface area contributed by atoms with E-state index in [1.807, 2.05) is 24.3 Å². The lowest BCUT2D eigenvalue weighted by Gasteiger charge is -2.30. The van der Waals surface area contributed by atoms with Crippen LogP contribution in [-0.2, 0) is 19.1 Å². The van der Waals surface area contributed by atoms with Gasteiger partial charge in [-0.2, -0.15) is 0 Å². The average molecular weight is 401 g/mol. The molecule has 1 fully saturated rings. The van der Waals surface area contributed by atoms with Gasteiger partial charge in [-0.15, -0.1) is 0 Å². The van der Waals surface area contributed by atoms with Crippen LogP contribution in [0.4, 0.5) is 11.5 Å². The molecule has 2 amide bonds. The van der Waals surface area contributed by atoms with E-state index in [0.717, 1.165) is 4.90 Å². The van der Waals surface area contributed by atoms with E-state index in [2.05, 4.69) is 10.5 Å². The van der Waals surface area contributed by atoms with Gasteiger partial charge in [-0.05, 0) is 25.5 Å². The minimum Gasteiger partial charge on any atom is -0.450 e. The average Bonchev–Trinajstić information content (AvgIpc) is 3.33. The zero-order valence-electron chi connectivity index (χ0n) is 15.4. The largest absolute Gasteiger partial charge is 0.450 e. The Kier molecular flexibility index (Phi) is 4.62. The molecule has 0 unspecified atom stereocenters. The number of carbonyl (C=O) groups excluding carboxylic acids is 3. The Morgan fingerprint density at radius 2 is 2.21 bits per heavy atom. The summed E-state index contributed by atoms with van der Waals surface area (Å²) in [5.74, 6) is -0.380. The fourth-order valence-electron chi connectivity index (χ4n) is 3.45. The Balaban J connectivity index is 1.53. The van der Waals surface area contributed by atoms with Crippen molar-refractivity contribution >= 4 is 41.1 Å². The number of nitrogens with one attached hydrogen (secondary N) is 1. The van der Waals surface area contributed by atoms with Crippen molar-refractivity contribution in [1.82, 2.24) is 5.16 Å². The van der Waals surface area contributed by atoms with Crippen molar-refractivity contribution in [2.45, 2.75) is 49.0 Å². The molecule has 0 saturated carbocycles. The van der Waals surface area contributed by atoms with Crippen molar-refractivity contribution in [2.75, 3.05) is 10.2 Å². The first-order chi connectivity index (χ1) is 13.4. The molecule has 0 aliphatic carbocycles. The number of rotatable bonds is 5. The van der Waals surface area contributed by atoms with Gasteiger partial charge in [0.1, 0.15) is 5.76 Å². The van der Waals surface area contributed by atoms with Crippen LogP contribution in [0.3, 0.4) is 0 Å². The maximum Gasteiger partial charge on any atom is 0.344 e. The highest BCUT2D eigenvalue weighted by Crippen LogP contribution is 2.56. The molecule has 9 heteroatoms. The van der Waals surface area contributed by atoms with Gasteiger partial charge in [-0.25, -0.2) is 4.79 Å².